The minimum Gasteiger partial charge on any atom is -0.383 e. The molecule has 2 saturated heterocycles. The maximum Gasteiger partial charge on any atom is 0.225 e. The lowest BCUT2D eigenvalue weighted by Crippen LogP contribution is -2.53. The third-order valence-corrected chi connectivity index (χ3v) is 4.81. The number of aromatic nitrogens is 1. The summed E-state index contributed by atoms with van der Waals surface area (Å²) in [5.41, 5.74) is 1.02. The zero-order valence-corrected chi connectivity index (χ0v) is 13.6. The molecule has 0 unspecified atom stereocenters. The number of piperidine rings is 1. The van der Waals surface area contributed by atoms with Gasteiger partial charge >= 0.3 is 0 Å². The van der Waals surface area contributed by atoms with Gasteiger partial charge in [0.15, 0.2) is 0 Å². The van der Waals surface area contributed by atoms with Gasteiger partial charge in [0.05, 0.1) is 18.6 Å². The molecule has 0 radical (unpaired) electrons. The molecule has 23 heavy (non-hydrogen) atoms. The van der Waals surface area contributed by atoms with E-state index in [1.165, 1.54) is 0 Å². The van der Waals surface area contributed by atoms with E-state index >= 15 is 0 Å². The van der Waals surface area contributed by atoms with Gasteiger partial charge in [0.1, 0.15) is 0 Å². The zero-order valence-electron chi connectivity index (χ0n) is 13.6. The van der Waals surface area contributed by atoms with Crippen LogP contribution >= 0.6 is 0 Å². The lowest BCUT2D eigenvalue weighted by Gasteiger charge is -2.39. The normalized spacial score (nSPS) is 27.6. The molecular formula is C17H25N3O3. The van der Waals surface area contributed by atoms with Crippen molar-refractivity contribution in [2.75, 3.05) is 40.0 Å². The lowest BCUT2D eigenvalue weighted by molar-refractivity contribution is -0.131. The number of likely N-dealkylation sites (tertiary alicyclic amines) is 1. The van der Waals surface area contributed by atoms with Gasteiger partial charge in [-0.05, 0) is 18.1 Å². The summed E-state index contributed by atoms with van der Waals surface area (Å²) in [5.74, 6) is 0.448. The van der Waals surface area contributed by atoms with Gasteiger partial charge in [-0.25, -0.2) is 0 Å². The van der Waals surface area contributed by atoms with Gasteiger partial charge in [0.25, 0.3) is 0 Å². The molecule has 1 aromatic heterocycles. The molecule has 2 fully saturated rings. The highest BCUT2D eigenvalue weighted by molar-refractivity contribution is 5.79. The topological polar surface area (TPSA) is 63.7 Å². The first-order valence-electron chi connectivity index (χ1n) is 8.27. The highest BCUT2D eigenvalue weighted by Crippen LogP contribution is 2.33. The Morgan fingerprint density at radius 2 is 2.43 bits per heavy atom. The van der Waals surface area contributed by atoms with E-state index in [0.29, 0.717) is 19.1 Å². The Bertz CT molecular complexity index is 511. The van der Waals surface area contributed by atoms with Crippen LogP contribution in [0.5, 0.6) is 0 Å². The fourth-order valence-electron chi connectivity index (χ4n) is 3.56. The van der Waals surface area contributed by atoms with Crippen LogP contribution in [0.15, 0.2) is 24.5 Å². The molecule has 2 aliphatic heterocycles. The Hall–Kier alpha value is -1.50. The predicted octanol–water partition coefficient (Wildman–Crippen LogP) is 0.681. The zero-order chi connectivity index (χ0) is 16.1. The van der Waals surface area contributed by atoms with Gasteiger partial charge in [-0.15, -0.1) is 0 Å². The van der Waals surface area contributed by atoms with Crippen molar-refractivity contribution in [3.63, 3.8) is 0 Å². The lowest BCUT2D eigenvalue weighted by atomic mass is 9.82. The maximum absolute atomic E-state index is 12.7. The van der Waals surface area contributed by atoms with Crippen LogP contribution in [0.2, 0.25) is 0 Å². The number of amides is 1. The summed E-state index contributed by atoms with van der Waals surface area (Å²) in [6, 6.07) is 3.86. The van der Waals surface area contributed by atoms with E-state index < -0.39 is 0 Å². The Kier molecular flexibility index (Phi) is 5.59. The number of nitrogens with one attached hydrogen (secondary N) is 1. The molecule has 3 heterocycles. The van der Waals surface area contributed by atoms with Crippen LogP contribution < -0.4 is 5.32 Å². The van der Waals surface area contributed by atoms with Gasteiger partial charge in [0, 0.05) is 58.2 Å². The summed E-state index contributed by atoms with van der Waals surface area (Å²) in [7, 11) is 1.71. The fraction of sp³-hybridized carbons (Fsp3) is 0.647. The first-order chi connectivity index (χ1) is 11.3. The SMILES string of the molecule is COCCN1C[C@@H]2OCC[C@@H]2[C@@H](C(=O)NCc2cccnc2)C1. The second kappa shape index (κ2) is 7.86. The molecular weight excluding hydrogens is 294 g/mol. The van der Waals surface area contributed by atoms with E-state index in [4.69, 9.17) is 9.47 Å². The third-order valence-electron chi connectivity index (χ3n) is 4.81. The van der Waals surface area contributed by atoms with Crippen LogP contribution in [-0.2, 0) is 20.8 Å². The van der Waals surface area contributed by atoms with Gasteiger partial charge in [-0.3, -0.25) is 14.7 Å². The number of methoxy groups -OCH3 is 1. The number of fused-ring (bicyclic) bond motifs is 1. The van der Waals surface area contributed by atoms with Crippen molar-refractivity contribution in [3.05, 3.63) is 30.1 Å². The minimum atomic E-state index is -0.00947. The summed E-state index contributed by atoms with van der Waals surface area (Å²) < 4.78 is 11.0. The van der Waals surface area contributed by atoms with E-state index in [9.17, 15) is 4.79 Å². The number of carbonyl (C=O) groups excluding carboxylic acids is 1. The van der Waals surface area contributed by atoms with Crippen LogP contribution in [-0.4, -0.2) is 61.9 Å². The van der Waals surface area contributed by atoms with Crippen LogP contribution in [0.4, 0.5) is 0 Å². The average molecular weight is 319 g/mol. The molecule has 0 spiro atoms. The molecule has 126 valence electrons. The molecule has 0 aliphatic carbocycles. The number of nitrogens with zero attached hydrogens (tertiary/aromatic N) is 2. The summed E-state index contributed by atoms with van der Waals surface area (Å²) in [5, 5.41) is 3.07. The van der Waals surface area contributed by atoms with Crippen molar-refractivity contribution >= 4 is 5.91 Å². The molecule has 1 N–H and O–H groups in total. The molecule has 1 aromatic rings. The Balaban J connectivity index is 1.60. The molecule has 0 aromatic carbocycles. The van der Waals surface area contributed by atoms with Crippen LogP contribution in [0.3, 0.4) is 0 Å². The van der Waals surface area contributed by atoms with Gasteiger partial charge in [0.2, 0.25) is 5.91 Å². The van der Waals surface area contributed by atoms with Gasteiger partial charge in [-0.2, -0.15) is 0 Å². The third kappa shape index (κ3) is 4.07. The van der Waals surface area contributed by atoms with E-state index in [2.05, 4.69) is 15.2 Å². The second-order valence-corrected chi connectivity index (χ2v) is 6.30. The fourth-order valence-corrected chi connectivity index (χ4v) is 3.56. The van der Waals surface area contributed by atoms with Gasteiger partial charge in [-0.1, -0.05) is 6.07 Å². The number of carbonyl (C=O) groups is 1. The number of hydrogen-bond acceptors (Lipinski definition) is 5. The molecule has 6 heteroatoms. The average Bonchev–Trinajstić information content (AvgIpc) is 3.06. The van der Waals surface area contributed by atoms with Crippen molar-refractivity contribution in [3.8, 4) is 0 Å². The smallest absolute Gasteiger partial charge is 0.225 e. The first kappa shape index (κ1) is 16.4. The monoisotopic (exact) mass is 319 g/mol. The van der Waals surface area contributed by atoms with E-state index in [-0.39, 0.29) is 17.9 Å². The predicted molar refractivity (Wildman–Crippen MR) is 85.7 cm³/mol. The van der Waals surface area contributed by atoms with E-state index in [1.54, 1.807) is 19.5 Å². The highest BCUT2D eigenvalue weighted by Gasteiger charge is 2.43. The molecule has 3 rings (SSSR count). The summed E-state index contributed by atoms with van der Waals surface area (Å²) in [6.45, 7) is 4.50. The van der Waals surface area contributed by atoms with Crippen molar-refractivity contribution in [2.45, 2.75) is 19.1 Å². The quantitative estimate of drug-likeness (QED) is 0.835. The molecule has 2 aliphatic rings. The van der Waals surface area contributed by atoms with Gasteiger partial charge < -0.3 is 14.8 Å². The van der Waals surface area contributed by atoms with Crippen molar-refractivity contribution in [1.29, 1.82) is 0 Å². The van der Waals surface area contributed by atoms with Crippen LogP contribution in [0.25, 0.3) is 0 Å². The first-order valence-corrected chi connectivity index (χ1v) is 8.27. The van der Waals surface area contributed by atoms with E-state index in [0.717, 1.165) is 38.2 Å². The highest BCUT2D eigenvalue weighted by atomic mass is 16.5. The molecule has 1 amide bonds. The summed E-state index contributed by atoms with van der Waals surface area (Å²) >= 11 is 0. The molecule has 0 bridgehead atoms. The maximum atomic E-state index is 12.7. The van der Waals surface area contributed by atoms with Crippen molar-refractivity contribution < 1.29 is 14.3 Å². The van der Waals surface area contributed by atoms with Crippen LogP contribution in [0, 0.1) is 11.8 Å². The number of hydrogen-bond donors (Lipinski definition) is 1. The number of pyridine rings is 1. The Labute approximate surface area is 137 Å². The molecule has 3 atom stereocenters. The Morgan fingerprint density at radius 1 is 1.52 bits per heavy atom. The van der Waals surface area contributed by atoms with Crippen molar-refractivity contribution in [2.24, 2.45) is 11.8 Å². The van der Waals surface area contributed by atoms with Crippen LogP contribution in [0.1, 0.15) is 12.0 Å². The second-order valence-electron chi connectivity index (χ2n) is 6.30. The minimum absolute atomic E-state index is 0.00947. The van der Waals surface area contributed by atoms with E-state index in [1.807, 2.05) is 12.1 Å². The standard InChI is InChI=1S/C17H25N3O3/c1-22-8-6-20-11-15(14-4-7-23-16(14)12-20)17(21)19-10-13-3-2-5-18-9-13/h2-3,5,9,14-16H,4,6-8,10-12H2,1H3,(H,19,21)/t14-,15+,16+/m1/s1. The largest absolute Gasteiger partial charge is 0.383 e. The molecule has 0 saturated carbocycles. The summed E-state index contributed by atoms with van der Waals surface area (Å²) in [6.07, 6.45) is 4.68. The molecule has 6 nitrogen and oxygen atoms in total. The Morgan fingerprint density at radius 3 is 3.22 bits per heavy atom. The van der Waals surface area contributed by atoms with Crippen molar-refractivity contribution in [1.82, 2.24) is 15.2 Å². The number of rotatable bonds is 6. The number of ether oxygens (including phenoxy) is 2. The summed E-state index contributed by atoms with van der Waals surface area (Å²) in [4.78, 5) is 19.1.